The van der Waals surface area contributed by atoms with Gasteiger partial charge in [-0.2, -0.15) is 0 Å². The van der Waals surface area contributed by atoms with Crippen molar-refractivity contribution < 1.29 is 9.59 Å². The number of hydrogen-bond donors (Lipinski definition) is 1. The van der Waals surface area contributed by atoms with Crippen molar-refractivity contribution in [3.05, 3.63) is 75.0 Å². The Morgan fingerprint density at radius 1 is 1.26 bits per heavy atom. The van der Waals surface area contributed by atoms with Gasteiger partial charge in [0.25, 0.3) is 11.8 Å². The maximum absolute atomic E-state index is 12.9. The van der Waals surface area contributed by atoms with Gasteiger partial charge >= 0.3 is 0 Å². The summed E-state index contributed by atoms with van der Waals surface area (Å²) >= 11 is 1.51. The lowest BCUT2D eigenvalue weighted by Crippen LogP contribution is -2.36. The van der Waals surface area contributed by atoms with Crippen LogP contribution in [-0.2, 0) is 26.4 Å². The summed E-state index contributed by atoms with van der Waals surface area (Å²) in [5.74, 6) is -0.520. The average molecular weight is 380 g/mol. The van der Waals surface area contributed by atoms with Crippen molar-refractivity contribution in [2.24, 2.45) is 12.8 Å². The Hall–Kier alpha value is -2.93. The molecule has 0 spiro atoms. The molecule has 0 unspecified atom stereocenters. The Bertz CT molecular complexity index is 1010. The van der Waals surface area contributed by atoms with Gasteiger partial charge in [0.15, 0.2) is 0 Å². The SMILES string of the molecule is Cn1c(C(N)=O)cc2c1CN(C(=O)c1csc(Cc3ccccc3)n1)CC2. The van der Waals surface area contributed by atoms with Gasteiger partial charge in [-0.3, -0.25) is 9.59 Å². The summed E-state index contributed by atoms with van der Waals surface area (Å²) in [6.07, 6.45) is 1.44. The number of fused-ring (bicyclic) bond motifs is 1. The van der Waals surface area contributed by atoms with Crippen LogP contribution in [0.25, 0.3) is 0 Å². The first-order valence-electron chi connectivity index (χ1n) is 8.78. The van der Waals surface area contributed by atoms with E-state index in [0.717, 1.165) is 22.7 Å². The third kappa shape index (κ3) is 3.38. The molecule has 1 aliphatic heterocycles. The van der Waals surface area contributed by atoms with E-state index in [2.05, 4.69) is 17.1 Å². The van der Waals surface area contributed by atoms with Gasteiger partial charge in [-0.25, -0.2) is 4.98 Å². The molecule has 2 N–H and O–H groups in total. The van der Waals surface area contributed by atoms with Gasteiger partial charge in [0.1, 0.15) is 11.4 Å². The van der Waals surface area contributed by atoms with Crippen molar-refractivity contribution >= 4 is 23.2 Å². The molecule has 0 fully saturated rings. The number of aromatic nitrogens is 2. The molecule has 0 atom stereocenters. The summed E-state index contributed by atoms with van der Waals surface area (Å²) in [6, 6.07) is 11.9. The van der Waals surface area contributed by atoms with E-state index >= 15 is 0 Å². The molecule has 0 radical (unpaired) electrons. The zero-order chi connectivity index (χ0) is 19.0. The van der Waals surface area contributed by atoms with Crippen LogP contribution in [0.15, 0.2) is 41.8 Å². The summed E-state index contributed by atoms with van der Waals surface area (Å²) in [5, 5.41) is 2.76. The van der Waals surface area contributed by atoms with E-state index in [1.807, 2.05) is 36.7 Å². The van der Waals surface area contributed by atoms with Gasteiger partial charge in [-0.05, 0) is 23.6 Å². The molecule has 138 valence electrons. The maximum Gasteiger partial charge on any atom is 0.273 e. The molecule has 0 saturated heterocycles. The molecule has 2 aromatic heterocycles. The van der Waals surface area contributed by atoms with E-state index in [1.165, 1.54) is 16.9 Å². The van der Waals surface area contributed by atoms with E-state index in [-0.39, 0.29) is 5.91 Å². The van der Waals surface area contributed by atoms with E-state index in [1.54, 1.807) is 9.47 Å². The minimum absolute atomic E-state index is 0.0713. The highest BCUT2D eigenvalue weighted by Crippen LogP contribution is 2.24. The quantitative estimate of drug-likeness (QED) is 0.754. The minimum atomic E-state index is -0.449. The Balaban J connectivity index is 1.50. The van der Waals surface area contributed by atoms with Gasteiger partial charge in [0, 0.05) is 31.1 Å². The van der Waals surface area contributed by atoms with Crippen molar-refractivity contribution in [2.45, 2.75) is 19.4 Å². The third-order valence-electron chi connectivity index (χ3n) is 4.95. The predicted molar refractivity (Wildman–Crippen MR) is 104 cm³/mol. The van der Waals surface area contributed by atoms with Crippen LogP contribution >= 0.6 is 11.3 Å². The van der Waals surface area contributed by atoms with E-state index in [4.69, 9.17) is 5.73 Å². The monoisotopic (exact) mass is 380 g/mol. The zero-order valence-corrected chi connectivity index (χ0v) is 15.8. The first-order valence-corrected chi connectivity index (χ1v) is 9.66. The summed E-state index contributed by atoms with van der Waals surface area (Å²) in [7, 11) is 1.81. The Kier molecular flexibility index (Phi) is 4.53. The largest absolute Gasteiger partial charge is 0.364 e. The lowest BCUT2D eigenvalue weighted by Gasteiger charge is -2.27. The number of carbonyl (C=O) groups excluding carboxylic acids is 2. The lowest BCUT2D eigenvalue weighted by atomic mass is 10.1. The molecule has 0 saturated carbocycles. The average Bonchev–Trinajstić information content (AvgIpc) is 3.26. The number of amides is 2. The first kappa shape index (κ1) is 17.5. The second-order valence-electron chi connectivity index (χ2n) is 6.69. The smallest absolute Gasteiger partial charge is 0.273 e. The number of thiazole rings is 1. The summed E-state index contributed by atoms with van der Waals surface area (Å²) in [5.41, 5.74) is 9.61. The second kappa shape index (κ2) is 7.00. The number of primary amides is 1. The van der Waals surface area contributed by atoms with Crippen LogP contribution in [-0.4, -0.2) is 32.8 Å². The molecule has 3 heterocycles. The molecular weight excluding hydrogens is 360 g/mol. The van der Waals surface area contributed by atoms with Crippen molar-refractivity contribution in [2.75, 3.05) is 6.54 Å². The van der Waals surface area contributed by atoms with Gasteiger partial charge in [-0.1, -0.05) is 30.3 Å². The molecule has 0 bridgehead atoms. The highest BCUT2D eigenvalue weighted by Gasteiger charge is 2.27. The molecule has 6 nitrogen and oxygen atoms in total. The fraction of sp³-hybridized carbons (Fsp3) is 0.250. The fourth-order valence-electron chi connectivity index (χ4n) is 3.48. The van der Waals surface area contributed by atoms with Crippen LogP contribution in [0, 0.1) is 0 Å². The number of benzene rings is 1. The van der Waals surface area contributed by atoms with Gasteiger partial charge < -0.3 is 15.2 Å². The van der Waals surface area contributed by atoms with Crippen LogP contribution < -0.4 is 5.73 Å². The molecule has 2 amide bonds. The molecule has 1 aromatic carbocycles. The van der Waals surface area contributed by atoms with Crippen LogP contribution in [0.2, 0.25) is 0 Å². The topological polar surface area (TPSA) is 81.2 Å². The number of nitrogens with zero attached hydrogens (tertiary/aromatic N) is 3. The van der Waals surface area contributed by atoms with Crippen molar-refractivity contribution in [1.82, 2.24) is 14.5 Å². The number of nitrogens with two attached hydrogens (primary N) is 1. The number of hydrogen-bond acceptors (Lipinski definition) is 4. The number of carbonyl (C=O) groups is 2. The molecule has 3 aromatic rings. The summed E-state index contributed by atoms with van der Waals surface area (Å²) in [6.45, 7) is 1.07. The standard InChI is InChI=1S/C20H20N4O2S/c1-23-16(19(21)25)10-14-7-8-24(11-17(14)23)20(26)15-12-27-18(22-15)9-13-5-3-2-4-6-13/h2-6,10,12H,7-9,11H2,1H3,(H2,21,25). The molecule has 4 rings (SSSR count). The molecule has 27 heavy (non-hydrogen) atoms. The third-order valence-corrected chi connectivity index (χ3v) is 5.80. The van der Waals surface area contributed by atoms with Crippen LogP contribution in [0.4, 0.5) is 0 Å². The van der Waals surface area contributed by atoms with Crippen LogP contribution in [0.3, 0.4) is 0 Å². The lowest BCUT2D eigenvalue weighted by molar-refractivity contribution is 0.0725. The van der Waals surface area contributed by atoms with Gasteiger partial charge in [0.05, 0.1) is 11.6 Å². The predicted octanol–water partition coefficient (Wildman–Crippen LogP) is 2.37. The maximum atomic E-state index is 12.9. The van der Waals surface area contributed by atoms with Crippen molar-refractivity contribution in [1.29, 1.82) is 0 Å². The minimum Gasteiger partial charge on any atom is -0.364 e. The molecule has 7 heteroatoms. The van der Waals surface area contributed by atoms with Crippen molar-refractivity contribution in [3.8, 4) is 0 Å². The van der Waals surface area contributed by atoms with Crippen molar-refractivity contribution in [3.63, 3.8) is 0 Å². The molecule has 1 aliphatic rings. The van der Waals surface area contributed by atoms with Crippen LogP contribution in [0.5, 0.6) is 0 Å². The Morgan fingerprint density at radius 3 is 2.78 bits per heavy atom. The summed E-state index contributed by atoms with van der Waals surface area (Å²) in [4.78, 5) is 30.8. The second-order valence-corrected chi connectivity index (χ2v) is 7.63. The van der Waals surface area contributed by atoms with Crippen LogP contribution in [0.1, 0.15) is 42.8 Å². The van der Waals surface area contributed by atoms with E-state index in [9.17, 15) is 9.59 Å². The summed E-state index contributed by atoms with van der Waals surface area (Å²) < 4.78 is 1.79. The van der Waals surface area contributed by atoms with E-state index in [0.29, 0.717) is 30.9 Å². The highest BCUT2D eigenvalue weighted by molar-refractivity contribution is 7.09. The normalized spacial score (nSPS) is 13.4. The first-order chi connectivity index (χ1) is 13.0. The number of rotatable bonds is 4. The molecule has 0 aliphatic carbocycles. The highest BCUT2D eigenvalue weighted by atomic mass is 32.1. The molecular formula is C20H20N4O2S. The van der Waals surface area contributed by atoms with Gasteiger partial charge in [0.2, 0.25) is 0 Å². The van der Waals surface area contributed by atoms with E-state index < -0.39 is 5.91 Å². The fourth-order valence-corrected chi connectivity index (χ4v) is 4.28. The van der Waals surface area contributed by atoms with Gasteiger partial charge in [-0.15, -0.1) is 11.3 Å². The Labute approximate surface area is 161 Å². The Morgan fingerprint density at radius 2 is 2.04 bits per heavy atom. The zero-order valence-electron chi connectivity index (χ0n) is 15.0.